The van der Waals surface area contributed by atoms with Crippen molar-refractivity contribution in [3.63, 3.8) is 0 Å². The molecular weight excluding hydrogens is 262 g/mol. The van der Waals surface area contributed by atoms with Crippen molar-refractivity contribution in [2.45, 2.75) is 26.3 Å². The molecule has 1 aliphatic heterocycles. The van der Waals surface area contributed by atoms with Gasteiger partial charge in [-0.2, -0.15) is 0 Å². The van der Waals surface area contributed by atoms with Gasteiger partial charge in [-0.15, -0.1) is 0 Å². The minimum absolute atomic E-state index is 0.249. The highest BCUT2D eigenvalue weighted by Crippen LogP contribution is 2.37. The molecule has 5 nitrogen and oxygen atoms in total. The second-order valence-corrected chi connectivity index (χ2v) is 6.14. The molecule has 2 atom stereocenters. The van der Waals surface area contributed by atoms with Crippen LogP contribution in [-0.2, 0) is 0 Å². The molecule has 0 aromatic carbocycles. The molecule has 1 aromatic heterocycles. The number of nitrogens with one attached hydrogen (secondary N) is 1. The number of nitro groups is 1. The third kappa shape index (κ3) is 3.32. The number of rotatable bonds is 5. The third-order valence-corrected chi connectivity index (χ3v) is 4.92. The molecule has 0 spiro atoms. The van der Waals surface area contributed by atoms with E-state index in [1.807, 2.05) is 6.07 Å². The van der Waals surface area contributed by atoms with Crippen LogP contribution in [0.4, 0.5) is 5.00 Å². The van der Waals surface area contributed by atoms with Gasteiger partial charge in [0.05, 0.1) is 4.92 Å². The van der Waals surface area contributed by atoms with Crippen molar-refractivity contribution in [2.75, 3.05) is 26.2 Å². The van der Waals surface area contributed by atoms with E-state index >= 15 is 0 Å². The third-order valence-electron chi connectivity index (χ3n) is 3.81. The van der Waals surface area contributed by atoms with Gasteiger partial charge in [0.2, 0.25) is 0 Å². The Kier molecular flexibility index (Phi) is 4.90. The number of thiophene rings is 1. The van der Waals surface area contributed by atoms with E-state index < -0.39 is 0 Å². The van der Waals surface area contributed by atoms with Crippen molar-refractivity contribution in [2.24, 2.45) is 5.92 Å². The smallest absolute Gasteiger partial charge is 0.314 e. The molecule has 2 heterocycles. The van der Waals surface area contributed by atoms with Crippen LogP contribution >= 0.6 is 11.3 Å². The quantitative estimate of drug-likeness (QED) is 0.666. The molecule has 2 rings (SSSR count). The Labute approximate surface area is 117 Å². The maximum atomic E-state index is 10.8. The summed E-state index contributed by atoms with van der Waals surface area (Å²) in [6.45, 7) is 8.45. The summed E-state index contributed by atoms with van der Waals surface area (Å²) in [5, 5.41) is 14.4. The van der Waals surface area contributed by atoms with Gasteiger partial charge >= 0.3 is 5.00 Å². The van der Waals surface area contributed by atoms with E-state index in [4.69, 9.17) is 0 Å². The number of hydrogen-bond acceptors (Lipinski definition) is 5. The van der Waals surface area contributed by atoms with Crippen molar-refractivity contribution in [3.05, 3.63) is 27.1 Å². The first-order valence-electron chi connectivity index (χ1n) is 6.82. The van der Waals surface area contributed by atoms with Crippen LogP contribution in [0, 0.1) is 16.0 Å². The Morgan fingerprint density at radius 2 is 2.16 bits per heavy atom. The van der Waals surface area contributed by atoms with Gasteiger partial charge in [-0.05, 0) is 12.0 Å². The monoisotopic (exact) mass is 283 g/mol. The minimum atomic E-state index is -0.292. The standard InChI is InChI=1S/C13H21N3O2S/c1-3-10(2)13(15-8-6-14-7-9-15)11-4-5-12(19-11)16(17)18/h4-5,10,13-14H,3,6-9H2,1-2H3/t10?,13-/m1/s1. The Bertz CT molecular complexity index is 429. The van der Waals surface area contributed by atoms with Gasteiger partial charge in [0.15, 0.2) is 0 Å². The van der Waals surface area contributed by atoms with Gasteiger partial charge in [-0.1, -0.05) is 31.6 Å². The predicted molar refractivity (Wildman–Crippen MR) is 77.6 cm³/mol. The van der Waals surface area contributed by atoms with E-state index in [9.17, 15) is 10.1 Å². The fourth-order valence-electron chi connectivity index (χ4n) is 2.60. The average molecular weight is 283 g/mol. The number of hydrogen-bond donors (Lipinski definition) is 1. The van der Waals surface area contributed by atoms with Gasteiger partial charge < -0.3 is 5.32 Å². The van der Waals surface area contributed by atoms with Crippen molar-refractivity contribution >= 4 is 16.3 Å². The van der Waals surface area contributed by atoms with Crippen LogP contribution in [0.15, 0.2) is 12.1 Å². The largest absolute Gasteiger partial charge is 0.324 e. The fraction of sp³-hybridized carbons (Fsp3) is 0.692. The summed E-state index contributed by atoms with van der Waals surface area (Å²) in [6.07, 6.45) is 1.08. The second kappa shape index (κ2) is 6.45. The lowest BCUT2D eigenvalue weighted by molar-refractivity contribution is -0.380. The molecule has 19 heavy (non-hydrogen) atoms. The molecule has 1 fully saturated rings. The predicted octanol–water partition coefficient (Wildman–Crippen LogP) is 2.65. The zero-order valence-corrected chi connectivity index (χ0v) is 12.3. The van der Waals surface area contributed by atoms with E-state index in [1.165, 1.54) is 11.3 Å². The lowest BCUT2D eigenvalue weighted by atomic mass is 9.95. The molecule has 0 aliphatic carbocycles. The highest BCUT2D eigenvalue weighted by molar-refractivity contribution is 7.15. The summed E-state index contributed by atoms with van der Waals surface area (Å²) in [5.74, 6) is 0.511. The van der Waals surface area contributed by atoms with Crippen LogP contribution in [0.5, 0.6) is 0 Å². The Hall–Kier alpha value is -0.980. The Morgan fingerprint density at radius 3 is 2.68 bits per heavy atom. The Morgan fingerprint density at radius 1 is 1.47 bits per heavy atom. The molecule has 0 radical (unpaired) electrons. The van der Waals surface area contributed by atoms with Crippen molar-refractivity contribution in [3.8, 4) is 0 Å². The summed E-state index contributed by atoms with van der Waals surface area (Å²) in [5.41, 5.74) is 0. The molecule has 1 saturated heterocycles. The van der Waals surface area contributed by atoms with Crippen LogP contribution in [0.25, 0.3) is 0 Å². The van der Waals surface area contributed by atoms with Crippen molar-refractivity contribution < 1.29 is 4.92 Å². The lowest BCUT2D eigenvalue weighted by Crippen LogP contribution is -2.46. The first-order chi connectivity index (χ1) is 9.13. The maximum Gasteiger partial charge on any atom is 0.324 e. The molecular formula is C13H21N3O2S. The molecule has 0 amide bonds. The van der Waals surface area contributed by atoms with Gasteiger partial charge in [0.25, 0.3) is 0 Å². The van der Waals surface area contributed by atoms with Crippen LogP contribution < -0.4 is 5.32 Å². The normalized spacial score (nSPS) is 20.1. The first kappa shape index (κ1) is 14.4. The van der Waals surface area contributed by atoms with E-state index in [0.29, 0.717) is 12.0 Å². The average Bonchev–Trinajstić information content (AvgIpc) is 2.89. The van der Waals surface area contributed by atoms with E-state index in [1.54, 1.807) is 6.07 Å². The molecule has 1 aromatic rings. The summed E-state index contributed by atoms with van der Waals surface area (Å²) in [6, 6.07) is 3.88. The SMILES string of the molecule is CCC(C)[C@H](c1ccc([N+](=O)[O-])s1)N1CCNCC1. The molecule has 1 unspecified atom stereocenters. The maximum absolute atomic E-state index is 10.8. The number of piperazine rings is 1. The zero-order chi connectivity index (χ0) is 13.8. The van der Waals surface area contributed by atoms with E-state index in [0.717, 1.165) is 37.5 Å². The summed E-state index contributed by atoms with van der Waals surface area (Å²) in [4.78, 5) is 14.1. The van der Waals surface area contributed by atoms with Crippen LogP contribution in [0.1, 0.15) is 31.2 Å². The van der Waals surface area contributed by atoms with Crippen LogP contribution in [-0.4, -0.2) is 36.0 Å². The summed E-state index contributed by atoms with van der Waals surface area (Å²) >= 11 is 1.33. The molecule has 1 N–H and O–H groups in total. The molecule has 0 saturated carbocycles. The van der Waals surface area contributed by atoms with Gasteiger partial charge in [0, 0.05) is 43.2 Å². The molecule has 6 heteroatoms. The zero-order valence-electron chi connectivity index (χ0n) is 11.5. The summed E-state index contributed by atoms with van der Waals surface area (Å²) in [7, 11) is 0. The van der Waals surface area contributed by atoms with Gasteiger partial charge in [0.1, 0.15) is 0 Å². The lowest BCUT2D eigenvalue weighted by Gasteiger charge is -2.37. The second-order valence-electron chi connectivity index (χ2n) is 5.05. The van der Waals surface area contributed by atoms with Crippen LogP contribution in [0.3, 0.4) is 0 Å². The topological polar surface area (TPSA) is 58.4 Å². The van der Waals surface area contributed by atoms with Crippen LogP contribution in [0.2, 0.25) is 0 Å². The first-order valence-corrected chi connectivity index (χ1v) is 7.64. The molecule has 0 bridgehead atoms. The van der Waals surface area contributed by atoms with E-state index in [-0.39, 0.29) is 9.92 Å². The molecule has 1 aliphatic rings. The van der Waals surface area contributed by atoms with Gasteiger partial charge in [-0.25, -0.2) is 0 Å². The van der Waals surface area contributed by atoms with Crippen molar-refractivity contribution in [1.82, 2.24) is 10.2 Å². The Balaban J connectivity index is 2.22. The number of nitrogens with zero attached hydrogens (tertiary/aromatic N) is 2. The highest BCUT2D eigenvalue weighted by Gasteiger charge is 2.28. The molecule has 106 valence electrons. The minimum Gasteiger partial charge on any atom is -0.314 e. The highest BCUT2D eigenvalue weighted by atomic mass is 32.1. The summed E-state index contributed by atoms with van der Waals surface area (Å²) < 4.78 is 0. The van der Waals surface area contributed by atoms with Gasteiger partial charge in [-0.3, -0.25) is 15.0 Å². The van der Waals surface area contributed by atoms with Crippen molar-refractivity contribution in [1.29, 1.82) is 0 Å². The van der Waals surface area contributed by atoms with E-state index in [2.05, 4.69) is 24.1 Å². The fourth-order valence-corrected chi connectivity index (χ4v) is 3.69.